The maximum atomic E-state index is 13.0. The number of nitrogens with zero attached hydrogens (tertiary/aromatic N) is 4. The van der Waals surface area contributed by atoms with Crippen LogP contribution in [-0.2, 0) is 17.5 Å². The average molecular weight is 461 g/mol. The normalized spacial score (nSPS) is 14.2. The highest BCUT2D eigenvalue weighted by Crippen LogP contribution is 2.34. The van der Waals surface area contributed by atoms with Gasteiger partial charge < -0.3 is 14.8 Å². The molecule has 0 spiro atoms. The molecule has 0 radical (unpaired) electrons. The van der Waals surface area contributed by atoms with Gasteiger partial charge >= 0.3 is 6.18 Å². The SMILES string of the molecule is CC(C)C(NC(=O)Cn1nnc(-c2cccc(C(F)(F)F)c2)n1)c1ccc2c(c1)OCCO2. The number of aromatic nitrogens is 4. The van der Waals surface area contributed by atoms with Crippen molar-refractivity contribution in [2.24, 2.45) is 5.92 Å². The molecular formula is C22H22F3N5O3. The number of carbonyl (C=O) groups excluding carboxylic acids is 1. The number of benzene rings is 2. The highest BCUT2D eigenvalue weighted by molar-refractivity contribution is 5.76. The molecule has 33 heavy (non-hydrogen) atoms. The molecule has 1 amide bonds. The number of halogens is 3. The molecule has 1 aliphatic heterocycles. The molecule has 11 heteroatoms. The zero-order valence-electron chi connectivity index (χ0n) is 18.0. The standard InChI is InChI=1S/C22H22F3N5O3/c1-13(2)20(14-6-7-17-18(11-14)33-9-8-32-17)26-19(31)12-30-28-21(27-29-30)15-4-3-5-16(10-15)22(23,24)25/h3-7,10-11,13,20H,8-9,12H2,1-2H3,(H,26,31). The molecule has 0 aliphatic carbocycles. The molecule has 2 aromatic carbocycles. The third-order valence-corrected chi connectivity index (χ3v) is 5.09. The number of nitrogens with one attached hydrogen (secondary N) is 1. The number of amides is 1. The Hall–Kier alpha value is -3.63. The van der Waals surface area contributed by atoms with Gasteiger partial charge in [0.1, 0.15) is 19.8 Å². The summed E-state index contributed by atoms with van der Waals surface area (Å²) in [5, 5.41) is 14.6. The maximum absolute atomic E-state index is 13.0. The van der Waals surface area contributed by atoms with Crippen molar-refractivity contribution in [2.75, 3.05) is 13.2 Å². The van der Waals surface area contributed by atoms with Crippen molar-refractivity contribution in [3.8, 4) is 22.9 Å². The Balaban J connectivity index is 1.46. The van der Waals surface area contributed by atoms with Gasteiger partial charge in [0.05, 0.1) is 11.6 Å². The third-order valence-electron chi connectivity index (χ3n) is 5.09. The van der Waals surface area contributed by atoms with Crippen molar-refractivity contribution in [1.82, 2.24) is 25.5 Å². The van der Waals surface area contributed by atoms with E-state index in [4.69, 9.17) is 9.47 Å². The Morgan fingerprint density at radius 3 is 2.61 bits per heavy atom. The van der Waals surface area contributed by atoms with Crippen LogP contribution in [0.4, 0.5) is 13.2 Å². The van der Waals surface area contributed by atoms with Crippen LogP contribution in [-0.4, -0.2) is 39.3 Å². The van der Waals surface area contributed by atoms with Gasteiger partial charge in [0.25, 0.3) is 0 Å². The molecule has 174 valence electrons. The molecule has 0 bridgehead atoms. The smallest absolute Gasteiger partial charge is 0.416 e. The summed E-state index contributed by atoms with van der Waals surface area (Å²) in [6.45, 7) is 4.66. The Labute approximate surface area is 187 Å². The van der Waals surface area contributed by atoms with Crippen molar-refractivity contribution in [1.29, 1.82) is 0 Å². The Bertz CT molecular complexity index is 1150. The van der Waals surface area contributed by atoms with Crippen LogP contribution in [0.5, 0.6) is 11.5 Å². The summed E-state index contributed by atoms with van der Waals surface area (Å²) >= 11 is 0. The molecular weight excluding hydrogens is 439 g/mol. The highest BCUT2D eigenvalue weighted by Gasteiger charge is 2.31. The fourth-order valence-electron chi connectivity index (χ4n) is 3.50. The fraction of sp³-hybridized carbons (Fsp3) is 0.364. The second-order valence-electron chi connectivity index (χ2n) is 7.91. The minimum Gasteiger partial charge on any atom is -0.486 e. The molecule has 1 atom stereocenters. The summed E-state index contributed by atoms with van der Waals surface area (Å²) in [5.41, 5.74) is 0.208. The molecule has 0 saturated heterocycles. The molecule has 4 rings (SSSR count). The van der Waals surface area contributed by atoms with Crippen molar-refractivity contribution in [2.45, 2.75) is 32.6 Å². The van der Waals surface area contributed by atoms with Crippen LogP contribution in [0.15, 0.2) is 42.5 Å². The molecule has 2 heterocycles. The Morgan fingerprint density at radius 2 is 1.88 bits per heavy atom. The summed E-state index contributed by atoms with van der Waals surface area (Å²) in [6.07, 6.45) is -4.48. The molecule has 0 saturated carbocycles. The maximum Gasteiger partial charge on any atom is 0.416 e. The second kappa shape index (κ2) is 9.08. The largest absolute Gasteiger partial charge is 0.486 e. The van der Waals surface area contributed by atoms with Gasteiger partial charge in [-0.1, -0.05) is 32.0 Å². The van der Waals surface area contributed by atoms with Gasteiger partial charge in [-0.15, -0.1) is 10.2 Å². The van der Waals surface area contributed by atoms with Crippen LogP contribution >= 0.6 is 0 Å². The first kappa shape index (κ1) is 22.6. The van der Waals surface area contributed by atoms with Gasteiger partial charge in [-0.2, -0.15) is 18.0 Å². The lowest BCUT2D eigenvalue weighted by atomic mass is 9.95. The predicted octanol–water partition coefficient (Wildman–Crippen LogP) is 3.64. The van der Waals surface area contributed by atoms with Gasteiger partial charge in [-0.3, -0.25) is 4.79 Å². The van der Waals surface area contributed by atoms with E-state index in [1.54, 1.807) is 0 Å². The van der Waals surface area contributed by atoms with Gasteiger partial charge in [-0.25, -0.2) is 0 Å². The van der Waals surface area contributed by atoms with Crippen LogP contribution in [0.25, 0.3) is 11.4 Å². The van der Waals surface area contributed by atoms with E-state index in [-0.39, 0.29) is 35.8 Å². The zero-order chi connectivity index (χ0) is 23.6. The number of fused-ring (bicyclic) bond motifs is 1. The molecule has 1 unspecified atom stereocenters. The summed E-state index contributed by atoms with van der Waals surface area (Å²) in [5.74, 6) is 0.994. The number of alkyl halides is 3. The van der Waals surface area contributed by atoms with Gasteiger partial charge in [0.2, 0.25) is 11.7 Å². The highest BCUT2D eigenvalue weighted by atomic mass is 19.4. The van der Waals surface area contributed by atoms with E-state index in [2.05, 4.69) is 20.7 Å². The van der Waals surface area contributed by atoms with Crippen LogP contribution in [0.2, 0.25) is 0 Å². The predicted molar refractivity (Wildman–Crippen MR) is 111 cm³/mol. The first-order valence-electron chi connectivity index (χ1n) is 10.3. The zero-order valence-corrected chi connectivity index (χ0v) is 18.0. The van der Waals surface area contributed by atoms with Gasteiger partial charge in [-0.05, 0) is 41.0 Å². The van der Waals surface area contributed by atoms with E-state index in [0.717, 1.165) is 22.5 Å². The molecule has 1 aromatic heterocycles. The van der Waals surface area contributed by atoms with E-state index < -0.39 is 11.7 Å². The van der Waals surface area contributed by atoms with E-state index in [9.17, 15) is 18.0 Å². The summed E-state index contributed by atoms with van der Waals surface area (Å²) in [4.78, 5) is 13.7. The van der Waals surface area contributed by atoms with E-state index in [0.29, 0.717) is 24.7 Å². The van der Waals surface area contributed by atoms with Crippen molar-refractivity contribution >= 4 is 5.91 Å². The molecule has 1 N–H and O–H groups in total. The lowest BCUT2D eigenvalue weighted by Crippen LogP contribution is -2.34. The van der Waals surface area contributed by atoms with Crippen LogP contribution in [0, 0.1) is 5.92 Å². The Morgan fingerprint density at radius 1 is 1.12 bits per heavy atom. The third kappa shape index (κ3) is 5.24. The molecule has 8 nitrogen and oxygen atoms in total. The van der Waals surface area contributed by atoms with Crippen LogP contribution < -0.4 is 14.8 Å². The number of hydrogen-bond acceptors (Lipinski definition) is 6. The van der Waals surface area contributed by atoms with Crippen LogP contribution in [0.1, 0.15) is 31.0 Å². The van der Waals surface area contributed by atoms with E-state index in [1.807, 2.05) is 32.0 Å². The monoisotopic (exact) mass is 461 g/mol. The average Bonchev–Trinajstić information content (AvgIpc) is 3.25. The van der Waals surface area contributed by atoms with Crippen molar-refractivity contribution < 1.29 is 27.4 Å². The molecule has 1 aliphatic rings. The minimum absolute atomic E-state index is 0.00106. The number of tetrazole rings is 1. The number of carbonyl (C=O) groups is 1. The lowest BCUT2D eigenvalue weighted by molar-refractivity contribution is -0.137. The Kier molecular flexibility index (Phi) is 6.21. The van der Waals surface area contributed by atoms with Crippen molar-refractivity contribution in [3.63, 3.8) is 0 Å². The van der Waals surface area contributed by atoms with Gasteiger partial charge in [0, 0.05) is 5.56 Å². The van der Waals surface area contributed by atoms with E-state index >= 15 is 0 Å². The number of ether oxygens (including phenoxy) is 2. The minimum atomic E-state index is -4.48. The first-order chi connectivity index (χ1) is 15.7. The summed E-state index contributed by atoms with van der Waals surface area (Å²) in [7, 11) is 0. The van der Waals surface area contributed by atoms with E-state index in [1.165, 1.54) is 12.1 Å². The second-order valence-corrected chi connectivity index (χ2v) is 7.91. The number of hydrogen-bond donors (Lipinski definition) is 1. The van der Waals surface area contributed by atoms with Crippen LogP contribution in [0.3, 0.4) is 0 Å². The lowest BCUT2D eigenvalue weighted by Gasteiger charge is -2.25. The summed E-state index contributed by atoms with van der Waals surface area (Å²) < 4.78 is 50.0. The first-order valence-corrected chi connectivity index (χ1v) is 10.3. The quantitative estimate of drug-likeness (QED) is 0.603. The fourth-order valence-corrected chi connectivity index (χ4v) is 3.50. The molecule has 0 fully saturated rings. The van der Waals surface area contributed by atoms with Gasteiger partial charge in [0.15, 0.2) is 11.5 Å². The number of rotatable bonds is 6. The molecule has 3 aromatic rings. The topological polar surface area (TPSA) is 91.2 Å². The summed E-state index contributed by atoms with van der Waals surface area (Å²) in [6, 6.07) is 9.85. The van der Waals surface area contributed by atoms with Crippen molar-refractivity contribution in [3.05, 3.63) is 53.6 Å².